The van der Waals surface area contributed by atoms with Crippen LogP contribution in [0.15, 0.2) is 44.4 Å². The van der Waals surface area contributed by atoms with E-state index in [9.17, 15) is 20.0 Å². The fourth-order valence-corrected chi connectivity index (χ4v) is 3.28. The van der Waals surface area contributed by atoms with Crippen LogP contribution in [0.1, 0.15) is 5.56 Å². The van der Waals surface area contributed by atoms with Crippen LogP contribution in [-0.2, 0) is 4.79 Å². The van der Waals surface area contributed by atoms with E-state index >= 15 is 0 Å². The molecule has 0 fully saturated rings. The van der Waals surface area contributed by atoms with Crippen LogP contribution in [0.4, 0.5) is 5.69 Å². The first-order valence-corrected chi connectivity index (χ1v) is 8.85. The molecule has 0 aliphatic carbocycles. The number of ether oxygens (including phenoxy) is 2. The number of nitro benzene ring substituents is 1. The summed E-state index contributed by atoms with van der Waals surface area (Å²) in [4.78, 5) is 22.2. The highest BCUT2D eigenvalue weighted by molar-refractivity contribution is 9.11. The van der Waals surface area contributed by atoms with Crippen molar-refractivity contribution in [3.8, 4) is 17.2 Å². The third kappa shape index (κ3) is 5.66. The molecule has 2 aromatic rings. The summed E-state index contributed by atoms with van der Waals surface area (Å²) >= 11 is 6.63. The normalized spacial score (nSPS) is 10.6. The van der Waals surface area contributed by atoms with Gasteiger partial charge in [-0.15, -0.1) is 0 Å². The molecule has 0 bridgehead atoms. The van der Waals surface area contributed by atoms with E-state index in [2.05, 4.69) is 42.4 Å². The number of amides is 1. The Balaban J connectivity index is 2.01. The van der Waals surface area contributed by atoms with Crippen LogP contribution in [0.25, 0.3) is 0 Å². The third-order valence-electron chi connectivity index (χ3n) is 3.14. The molecule has 1 amide bonds. The van der Waals surface area contributed by atoms with Gasteiger partial charge >= 0.3 is 0 Å². The van der Waals surface area contributed by atoms with E-state index in [-0.39, 0.29) is 23.6 Å². The molecule has 11 heteroatoms. The minimum absolute atomic E-state index is 0.0403. The second-order valence-corrected chi connectivity index (χ2v) is 6.77. The zero-order chi connectivity index (χ0) is 20.0. The first-order valence-electron chi connectivity index (χ1n) is 7.27. The molecule has 2 rings (SSSR count). The number of nitro groups is 1. The molecule has 9 nitrogen and oxygen atoms in total. The lowest BCUT2D eigenvalue weighted by atomic mass is 10.2. The van der Waals surface area contributed by atoms with Crippen molar-refractivity contribution in [2.45, 2.75) is 0 Å². The second kappa shape index (κ2) is 9.33. The Morgan fingerprint density at radius 3 is 2.78 bits per heavy atom. The Bertz CT molecular complexity index is 904. The predicted octanol–water partition coefficient (Wildman–Crippen LogP) is 3.36. The molecule has 2 N–H and O–H groups in total. The van der Waals surface area contributed by atoms with Gasteiger partial charge in [-0.05, 0) is 40.2 Å². The van der Waals surface area contributed by atoms with Crippen molar-refractivity contribution >= 4 is 49.7 Å². The standard InChI is InChI=1S/C16H13Br2N3O6/c1-26-14-6-10(17)5-12(18)16(14)27-8-15(23)20-19-7-9-4-11(22)2-3-13(9)21(24)25/h2-7,22H,8H2,1H3,(H,20,23)/b19-7+. The monoisotopic (exact) mass is 501 g/mol. The number of phenolic OH excluding ortho intramolecular Hbond substituents is 1. The molecule has 142 valence electrons. The Hall–Kier alpha value is -2.66. The van der Waals surface area contributed by atoms with Crippen LogP contribution >= 0.6 is 31.9 Å². The van der Waals surface area contributed by atoms with Gasteiger partial charge in [-0.2, -0.15) is 5.10 Å². The summed E-state index contributed by atoms with van der Waals surface area (Å²) in [6.45, 7) is -0.365. The summed E-state index contributed by atoms with van der Waals surface area (Å²) in [6, 6.07) is 6.89. The van der Waals surface area contributed by atoms with Crippen LogP contribution in [-0.4, -0.2) is 35.9 Å². The summed E-state index contributed by atoms with van der Waals surface area (Å²) in [5, 5.41) is 24.0. The zero-order valence-corrected chi connectivity index (χ0v) is 17.0. The Morgan fingerprint density at radius 2 is 2.11 bits per heavy atom. The van der Waals surface area contributed by atoms with Gasteiger partial charge in [-0.3, -0.25) is 14.9 Å². The third-order valence-corrected chi connectivity index (χ3v) is 4.19. The number of nitrogens with zero attached hydrogens (tertiary/aromatic N) is 2. The fourth-order valence-electron chi connectivity index (χ4n) is 1.98. The summed E-state index contributed by atoms with van der Waals surface area (Å²) in [5.74, 6) is 0.00112. The number of aromatic hydroxyl groups is 1. The number of halogens is 2. The highest BCUT2D eigenvalue weighted by atomic mass is 79.9. The van der Waals surface area contributed by atoms with Crippen molar-refractivity contribution in [3.63, 3.8) is 0 Å². The maximum Gasteiger partial charge on any atom is 0.278 e. The molecule has 0 spiro atoms. The zero-order valence-electron chi connectivity index (χ0n) is 13.8. The largest absolute Gasteiger partial charge is 0.508 e. The van der Waals surface area contributed by atoms with Crippen molar-refractivity contribution in [1.82, 2.24) is 5.43 Å². The number of benzene rings is 2. The fraction of sp³-hybridized carbons (Fsp3) is 0.125. The molecule has 0 aliphatic heterocycles. The summed E-state index contributed by atoms with van der Waals surface area (Å²) in [7, 11) is 1.47. The van der Waals surface area contributed by atoms with E-state index < -0.39 is 10.8 Å². The number of nitrogens with one attached hydrogen (secondary N) is 1. The van der Waals surface area contributed by atoms with Crippen LogP contribution in [0.5, 0.6) is 17.2 Å². The lowest BCUT2D eigenvalue weighted by Crippen LogP contribution is -2.24. The lowest BCUT2D eigenvalue weighted by molar-refractivity contribution is -0.385. The first kappa shape index (κ1) is 20.6. The van der Waals surface area contributed by atoms with Crippen molar-refractivity contribution in [2.75, 3.05) is 13.7 Å². The predicted molar refractivity (Wildman–Crippen MR) is 104 cm³/mol. The average Bonchev–Trinajstić information content (AvgIpc) is 2.60. The Kier molecular flexibility index (Phi) is 7.13. The minimum atomic E-state index is -0.622. The maximum atomic E-state index is 11.9. The van der Waals surface area contributed by atoms with Gasteiger partial charge in [0.05, 0.1) is 28.3 Å². The molecule has 0 aromatic heterocycles. The van der Waals surface area contributed by atoms with Crippen molar-refractivity contribution in [1.29, 1.82) is 0 Å². The average molecular weight is 503 g/mol. The molecular formula is C16H13Br2N3O6. The van der Waals surface area contributed by atoms with Crippen molar-refractivity contribution in [2.24, 2.45) is 5.10 Å². The topological polar surface area (TPSA) is 123 Å². The highest BCUT2D eigenvalue weighted by Crippen LogP contribution is 2.38. The van der Waals surface area contributed by atoms with Gasteiger partial charge in [-0.1, -0.05) is 15.9 Å². The number of hydrogen-bond donors (Lipinski definition) is 2. The molecule has 0 radical (unpaired) electrons. The SMILES string of the molecule is COc1cc(Br)cc(Br)c1OCC(=O)N/N=C/c1cc(O)ccc1[N+](=O)[O-]. The van der Waals surface area contributed by atoms with Crippen LogP contribution in [0.3, 0.4) is 0 Å². The van der Waals surface area contributed by atoms with Gasteiger partial charge in [0.1, 0.15) is 5.75 Å². The van der Waals surface area contributed by atoms with E-state index in [1.807, 2.05) is 0 Å². The number of phenols is 1. The Morgan fingerprint density at radius 1 is 1.37 bits per heavy atom. The molecule has 0 unspecified atom stereocenters. The number of hydrazone groups is 1. The number of carbonyl (C=O) groups excluding carboxylic acids is 1. The molecule has 0 aliphatic rings. The maximum absolute atomic E-state index is 11.9. The number of rotatable bonds is 7. The molecule has 27 heavy (non-hydrogen) atoms. The van der Waals surface area contributed by atoms with Gasteiger partial charge in [-0.25, -0.2) is 5.43 Å². The van der Waals surface area contributed by atoms with E-state index in [4.69, 9.17) is 9.47 Å². The van der Waals surface area contributed by atoms with Gasteiger partial charge in [0.2, 0.25) is 0 Å². The molecule has 0 saturated carbocycles. The van der Waals surface area contributed by atoms with E-state index in [0.29, 0.717) is 16.0 Å². The van der Waals surface area contributed by atoms with Gasteiger partial charge in [0, 0.05) is 10.5 Å². The number of hydrogen-bond acceptors (Lipinski definition) is 7. The summed E-state index contributed by atoms with van der Waals surface area (Å²) in [6.07, 6.45) is 1.06. The quantitative estimate of drug-likeness (QED) is 0.340. The number of methoxy groups -OCH3 is 1. The van der Waals surface area contributed by atoms with Gasteiger partial charge in [0.25, 0.3) is 11.6 Å². The van der Waals surface area contributed by atoms with Crippen molar-refractivity contribution in [3.05, 3.63) is 55.0 Å². The second-order valence-electron chi connectivity index (χ2n) is 5.00. The Labute approximate surface area is 170 Å². The number of carbonyl (C=O) groups is 1. The van der Waals surface area contributed by atoms with E-state index in [1.165, 1.54) is 13.2 Å². The lowest BCUT2D eigenvalue weighted by Gasteiger charge is -2.12. The molecule has 2 aromatic carbocycles. The summed E-state index contributed by atoms with van der Waals surface area (Å²) in [5.41, 5.74) is 1.97. The van der Waals surface area contributed by atoms with Gasteiger partial charge < -0.3 is 14.6 Å². The minimum Gasteiger partial charge on any atom is -0.508 e. The van der Waals surface area contributed by atoms with E-state index in [0.717, 1.165) is 22.8 Å². The molecule has 0 heterocycles. The van der Waals surface area contributed by atoms with Gasteiger partial charge in [0.15, 0.2) is 18.1 Å². The first-order chi connectivity index (χ1) is 12.8. The van der Waals surface area contributed by atoms with Crippen molar-refractivity contribution < 1.29 is 24.3 Å². The molecule has 0 atom stereocenters. The summed E-state index contributed by atoms with van der Waals surface area (Å²) < 4.78 is 12.0. The van der Waals surface area contributed by atoms with Crippen LogP contribution in [0, 0.1) is 10.1 Å². The van der Waals surface area contributed by atoms with Crippen LogP contribution < -0.4 is 14.9 Å². The van der Waals surface area contributed by atoms with E-state index in [1.54, 1.807) is 12.1 Å². The smallest absolute Gasteiger partial charge is 0.278 e. The highest BCUT2D eigenvalue weighted by Gasteiger charge is 2.14. The van der Waals surface area contributed by atoms with Crippen LogP contribution in [0.2, 0.25) is 0 Å². The molecule has 0 saturated heterocycles. The molecular weight excluding hydrogens is 490 g/mol.